The van der Waals surface area contributed by atoms with Crippen LogP contribution in [0.4, 0.5) is 0 Å². The molecule has 0 aromatic carbocycles. The molecule has 0 fully saturated rings. The zero-order valence-electron chi connectivity index (χ0n) is 8.63. The van der Waals surface area contributed by atoms with Gasteiger partial charge in [0.15, 0.2) is 0 Å². The number of rotatable bonds is 7. The van der Waals surface area contributed by atoms with E-state index in [0.29, 0.717) is 0 Å². The quantitative estimate of drug-likeness (QED) is 0.375. The molecule has 0 spiro atoms. The lowest BCUT2D eigenvalue weighted by atomic mass is 10.4. The highest BCUT2D eigenvalue weighted by Gasteiger charge is 2.31. The molecule has 0 aromatic rings. The largest absolute Gasteiger partial charge is 0.337 e. The van der Waals surface area contributed by atoms with Crippen molar-refractivity contribution in [2.24, 2.45) is 0 Å². The van der Waals surface area contributed by atoms with Gasteiger partial charge in [-0.25, -0.2) is 0 Å². The van der Waals surface area contributed by atoms with Gasteiger partial charge in [-0.3, -0.25) is 14.7 Å². The van der Waals surface area contributed by atoms with Gasteiger partial charge in [-0.1, -0.05) is 0 Å². The van der Waals surface area contributed by atoms with E-state index in [1.165, 1.54) is 6.92 Å². The van der Waals surface area contributed by atoms with Crippen LogP contribution in [-0.4, -0.2) is 30.3 Å². The summed E-state index contributed by atoms with van der Waals surface area (Å²) in [5.41, 5.74) is 0. The number of hydrogen-bond donors (Lipinski definition) is 0. The number of hydrogen-bond acceptors (Lipinski definition) is 5. The van der Waals surface area contributed by atoms with Crippen LogP contribution in [0.25, 0.3) is 0 Å². The molecule has 0 amide bonds. The molecule has 0 N–H and O–H groups in total. The highest BCUT2D eigenvalue weighted by atomic mass is 31.2. The summed E-state index contributed by atoms with van der Waals surface area (Å²) in [6.45, 7) is 5.17. The molecule has 0 saturated heterocycles. The lowest BCUT2D eigenvalue weighted by molar-refractivity contribution is -0.512. The molecule has 7 heteroatoms. The summed E-state index contributed by atoms with van der Waals surface area (Å²) in [6.07, 6.45) is -0.179. The third-order valence-corrected chi connectivity index (χ3v) is 3.78. The maximum atomic E-state index is 11.8. The average molecular weight is 225 g/mol. The Bertz CT molecular complexity index is 222. The lowest BCUT2D eigenvalue weighted by Crippen LogP contribution is -2.21. The topological polar surface area (TPSA) is 78.7 Å². The summed E-state index contributed by atoms with van der Waals surface area (Å²) in [4.78, 5) is 9.86. The molecule has 0 aliphatic rings. The fraction of sp³-hybridized carbons (Fsp3) is 1.00. The van der Waals surface area contributed by atoms with Gasteiger partial charge in [0, 0.05) is 11.8 Å². The Labute approximate surface area is 83.3 Å². The first-order valence-corrected chi connectivity index (χ1v) is 6.19. The normalized spacial score (nSPS) is 13.9. The SMILES string of the molecule is CCOP(=O)(CC(C)[N+](=O)[O-])OCC. The Kier molecular flexibility index (Phi) is 5.92. The Balaban J connectivity index is 4.35. The van der Waals surface area contributed by atoms with Crippen LogP contribution in [0.5, 0.6) is 0 Å². The van der Waals surface area contributed by atoms with E-state index in [-0.39, 0.29) is 19.4 Å². The van der Waals surface area contributed by atoms with Crippen molar-refractivity contribution in [1.82, 2.24) is 0 Å². The van der Waals surface area contributed by atoms with Crippen LogP contribution in [0.2, 0.25) is 0 Å². The second-order valence-corrected chi connectivity index (χ2v) is 4.87. The Morgan fingerprint density at radius 2 is 1.79 bits per heavy atom. The van der Waals surface area contributed by atoms with Crippen LogP contribution >= 0.6 is 7.60 Å². The molecular formula is C7H16NO5P. The Morgan fingerprint density at radius 1 is 1.36 bits per heavy atom. The first kappa shape index (κ1) is 13.5. The maximum Gasteiger partial charge on any atom is 0.337 e. The van der Waals surface area contributed by atoms with Crippen LogP contribution < -0.4 is 0 Å². The summed E-state index contributed by atoms with van der Waals surface area (Å²) in [5.74, 6) is 0. The second kappa shape index (κ2) is 6.11. The van der Waals surface area contributed by atoms with E-state index >= 15 is 0 Å². The maximum absolute atomic E-state index is 11.8. The molecule has 0 bridgehead atoms. The van der Waals surface area contributed by atoms with Crippen LogP contribution in [0.15, 0.2) is 0 Å². The van der Waals surface area contributed by atoms with E-state index in [4.69, 9.17) is 9.05 Å². The Hall–Kier alpha value is -0.450. The van der Waals surface area contributed by atoms with Crippen molar-refractivity contribution < 1.29 is 18.5 Å². The molecule has 0 aliphatic heterocycles. The minimum absolute atomic E-state index is 0.179. The van der Waals surface area contributed by atoms with Gasteiger partial charge in [0.05, 0.1) is 13.2 Å². The molecule has 1 unspecified atom stereocenters. The van der Waals surface area contributed by atoms with E-state index in [2.05, 4.69) is 0 Å². The van der Waals surface area contributed by atoms with E-state index in [1.807, 2.05) is 0 Å². The highest BCUT2D eigenvalue weighted by molar-refractivity contribution is 7.53. The standard InChI is InChI=1S/C7H16NO5P/c1-4-12-14(11,13-5-2)6-7(3)8(9)10/h7H,4-6H2,1-3H3. The van der Waals surface area contributed by atoms with E-state index in [1.54, 1.807) is 13.8 Å². The average Bonchev–Trinajstić information content (AvgIpc) is 2.04. The van der Waals surface area contributed by atoms with Crippen molar-refractivity contribution in [3.8, 4) is 0 Å². The highest BCUT2D eigenvalue weighted by Crippen LogP contribution is 2.48. The number of nitrogens with zero attached hydrogens (tertiary/aromatic N) is 1. The predicted molar refractivity (Wildman–Crippen MR) is 52.2 cm³/mol. The first-order chi connectivity index (χ1) is 6.45. The zero-order valence-corrected chi connectivity index (χ0v) is 9.53. The molecule has 14 heavy (non-hydrogen) atoms. The molecule has 6 nitrogen and oxygen atoms in total. The van der Waals surface area contributed by atoms with Gasteiger partial charge >= 0.3 is 7.60 Å². The van der Waals surface area contributed by atoms with Crippen molar-refractivity contribution in [1.29, 1.82) is 0 Å². The summed E-state index contributed by atoms with van der Waals surface area (Å²) < 4.78 is 21.6. The van der Waals surface area contributed by atoms with Crippen molar-refractivity contribution in [3.05, 3.63) is 10.1 Å². The van der Waals surface area contributed by atoms with Crippen LogP contribution in [0, 0.1) is 10.1 Å². The van der Waals surface area contributed by atoms with E-state index in [9.17, 15) is 14.7 Å². The molecule has 84 valence electrons. The van der Waals surface area contributed by atoms with Crippen molar-refractivity contribution >= 4 is 7.60 Å². The summed E-state index contributed by atoms with van der Waals surface area (Å²) in [6, 6.07) is -0.918. The van der Waals surface area contributed by atoms with Gasteiger partial charge in [0.25, 0.3) is 0 Å². The molecule has 0 heterocycles. The van der Waals surface area contributed by atoms with Crippen molar-refractivity contribution in [2.45, 2.75) is 26.8 Å². The molecular weight excluding hydrogens is 209 g/mol. The first-order valence-electron chi connectivity index (χ1n) is 4.46. The molecule has 0 saturated carbocycles. The van der Waals surface area contributed by atoms with Gasteiger partial charge in [-0.2, -0.15) is 0 Å². The molecule has 0 rings (SSSR count). The molecule has 1 atom stereocenters. The Morgan fingerprint density at radius 3 is 2.07 bits per heavy atom. The number of nitro groups is 1. The minimum atomic E-state index is -3.27. The molecule has 0 aliphatic carbocycles. The predicted octanol–water partition coefficient (Wildman–Crippen LogP) is 1.92. The van der Waals surface area contributed by atoms with Crippen LogP contribution in [0.1, 0.15) is 20.8 Å². The lowest BCUT2D eigenvalue weighted by Gasteiger charge is -2.16. The monoisotopic (exact) mass is 225 g/mol. The smallest absolute Gasteiger partial charge is 0.309 e. The van der Waals surface area contributed by atoms with Gasteiger partial charge in [-0.15, -0.1) is 0 Å². The van der Waals surface area contributed by atoms with E-state index < -0.39 is 18.6 Å². The zero-order chi connectivity index (χ0) is 11.2. The van der Waals surface area contributed by atoms with Crippen LogP contribution in [0.3, 0.4) is 0 Å². The van der Waals surface area contributed by atoms with Crippen LogP contribution in [-0.2, 0) is 13.6 Å². The molecule has 0 aromatic heterocycles. The third kappa shape index (κ3) is 4.69. The van der Waals surface area contributed by atoms with Crippen molar-refractivity contribution in [2.75, 3.05) is 19.4 Å². The summed E-state index contributed by atoms with van der Waals surface area (Å²) in [5, 5.41) is 10.4. The van der Waals surface area contributed by atoms with E-state index in [0.717, 1.165) is 0 Å². The van der Waals surface area contributed by atoms with Gasteiger partial charge in [-0.05, 0) is 13.8 Å². The minimum Gasteiger partial charge on any atom is -0.309 e. The fourth-order valence-corrected chi connectivity index (χ4v) is 2.78. The summed E-state index contributed by atoms with van der Waals surface area (Å²) in [7, 11) is -3.27. The molecule has 0 radical (unpaired) electrons. The summed E-state index contributed by atoms with van der Waals surface area (Å²) >= 11 is 0. The van der Waals surface area contributed by atoms with Gasteiger partial charge < -0.3 is 9.05 Å². The van der Waals surface area contributed by atoms with Crippen molar-refractivity contribution in [3.63, 3.8) is 0 Å². The fourth-order valence-electron chi connectivity index (χ4n) is 0.926. The third-order valence-electron chi connectivity index (χ3n) is 1.50. The van der Waals surface area contributed by atoms with Gasteiger partial charge in [0.1, 0.15) is 6.16 Å². The second-order valence-electron chi connectivity index (χ2n) is 2.76. The van der Waals surface area contributed by atoms with Gasteiger partial charge in [0.2, 0.25) is 6.04 Å².